The van der Waals surface area contributed by atoms with E-state index in [1.165, 1.54) is 0 Å². The summed E-state index contributed by atoms with van der Waals surface area (Å²) in [4.78, 5) is 30.3. The summed E-state index contributed by atoms with van der Waals surface area (Å²) >= 11 is 0. The van der Waals surface area contributed by atoms with Crippen molar-refractivity contribution in [2.75, 3.05) is 40.0 Å². The predicted octanol–water partition coefficient (Wildman–Crippen LogP) is 1.39. The highest BCUT2D eigenvalue weighted by atomic mass is 16.7. The van der Waals surface area contributed by atoms with Crippen LogP contribution in [0.2, 0.25) is 0 Å². The number of piperidine rings is 1. The Morgan fingerprint density at radius 2 is 1.83 bits per heavy atom. The molecule has 128 valence electrons. The molecule has 24 heavy (non-hydrogen) atoms. The van der Waals surface area contributed by atoms with Gasteiger partial charge in [0.05, 0.1) is 0 Å². The lowest BCUT2D eigenvalue weighted by molar-refractivity contribution is 0.0663. The van der Waals surface area contributed by atoms with Gasteiger partial charge >= 0.3 is 6.03 Å². The molecule has 0 saturated carbocycles. The van der Waals surface area contributed by atoms with Crippen LogP contribution < -0.4 is 9.47 Å². The van der Waals surface area contributed by atoms with E-state index in [4.69, 9.17) is 9.47 Å². The number of urea groups is 1. The average molecular weight is 331 g/mol. The van der Waals surface area contributed by atoms with Crippen LogP contribution in [0.15, 0.2) is 18.2 Å². The van der Waals surface area contributed by atoms with Crippen molar-refractivity contribution in [1.29, 1.82) is 0 Å². The number of carbonyl (C=O) groups is 2. The average Bonchev–Trinajstić information content (AvgIpc) is 3.21. The first-order chi connectivity index (χ1) is 11.6. The largest absolute Gasteiger partial charge is 0.454 e. The van der Waals surface area contributed by atoms with Crippen LogP contribution in [0.25, 0.3) is 0 Å². The molecule has 7 heteroatoms. The molecule has 1 aromatic carbocycles. The molecule has 2 saturated heterocycles. The van der Waals surface area contributed by atoms with Gasteiger partial charge in [0.1, 0.15) is 0 Å². The van der Waals surface area contributed by atoms with Crippen LogP contribution in [0, 0.1) is 0 Å². The molecule has 3 amide bonds. The summed E-state index contributed by atoms with van der Waals surface area (Å²) < 4.78 is 10.6. The fraction of sp³-hybridized carbons (Fsp3) is 0.529. The van der Waals surface area contributed by atoms with E-state index in [0.29, 0.717) is 30.2 Å². The van der Waals surface area contributed by atoms with E-state index in [0.717, 1.165) is 25.9 Å². The molecule has 2 fully saturated rings. The fourth-order valence-electron chi connectivity index (χ4n) is 3.60. The number of hydrogen-bond donors (Lipinski definition) is 0. The third-order valence-corrected chi connectivity index (χ3v) is 5.06. The smallest absolute Gasteiger partial charge is 0.320 e. The molecule has 0 radical (unpaired) electrons. The Kier molecular flexibility index (Phi) is 3.70. The maximum atomic E-state index is 12.7. The molecule has 0 N–H and O–H groups in total. The lowest BCUT2D eigenvalue weighted by Gasteiger charge is -2.36. The third-order valence-electron chi connectivity index (χ3n) is 5.06. The number of carbonyl (C=O) groups excluding carboxylic acids is 2. The predicted molar refractivity (Wildman–Crippen MR) is 86.2 cm³/mol. The zero-order chi connectivity index (χ0) is 16.7. The zero-order valence-corrected chi connectivity index (χ0v) is 13.7. The molecular weight excluding hydrogens is 310 g/mol. The van der Waals surface area contributed by atoms with Gasteiger partial charge < -0.3 is 24.2 Å². The number of amides is 3. The standard InChI is InChI=1S/C17H21N3O4/c1-18-8-9-20(17(18)22)13-4-6-19(7-5-13)16(21)12-2-3-14-15(10-12)24-11-23-14/h2-3,10,13H,4-9,11H2,1H3. The van der Waals surface area contributed by atoms with Crippen molar-refractivity contribution in [2.24, 2.45) is 0 Å². The first-order valence-corrected chi connectivity index (χ1v) is 8.34. The summed E-state index contributed by atoms with van der Waals surface area (Å²) in [5.74, 6) is 1.32. The third kappa shape index (κ3) is 2.53. The SMILES string of the molecule is CN1CCN(C2CCN(C(=O)c3ccc4c(c3)OCO4)CC2)C1=O. The Bertz CT molecular complexity index is 670. The maximum Gasteiger partial charge on any atom is 0.320 e. The van der Waals surface area contributed by atoms with Gasteiger partial charge in [0.25, 0.3) is 5.91 Å². The van der Waals surface area contributed by atoms with Crippen molar-refractivity contribution >= 4 is 11.9 Å². The number of fused-ring (bicyclic) bond motifs is 1. The second-order valence-electron chi connectivity index (χ2n) is 6.49. The minimum absolute atomic E-state index is 0.0108. The monoisotopic (exact) mass is 331 g/mol. The molecule has 3 aliphatic rings. The van der Waals surface area contributed by atoms with E-state index in [9.17, 15) is 9.59 Å². The highest BCUT2D eigenvalue weighted by molar-refractivity contribution is 5.95. The van der Waals surface area contributed by atoms with Gasteiger partial charge in [-0.2, -0.15) is 0 Å². The minimum Gasteiger partial charge on any atom is -0.454 e. The Hall–Kier alpha value is -2.44. The lowest BCUT2D eigenvalue weighted by Crippen LogP contribution is -2.47. The van der Waals surface area contributed by atoms with Crippen LogP contribution in [-0.2, 0) is 0 Å². The molecule has 4 rings (SSSR count). The molecule has 0 spiro atoms. The number of rotatable bonds is 2. The van der Waals surface area contributed by atoms with Crippen molar-refractivity contribution in [3.8, 4) is 11.5 Å². The van der Waals surface area contributed by atoms with Crippen LogP contribution >= 0.6 is 0 Å². The van der Waals surface area contributed by atoms with Crippen molar-refractivity contribution < 1.29 is 19.1 Å². The van der Waals surface area contributed by atoms with E-state index in [1.54, 1.807) is 23.1 Å². The Labute approximate surface area is 140 Å². The summed E-state index contributed by atoms with van der Waals surface area (Å²) in [6.45, 7) is 3.12. The first-order valence-electron chi connectivity index (χ1n) is 8.34. The number of benzene rings is 1. The second kappa shape index (κ2) is 5.89. The van der Waals surface area contributed by atoms with Gasteiger partial charge in [0.2, 0.25) is 6.79 Å². The van der Waals surface area contributed by atoms with Crippen LogP contribution in [0.4, 0.5) is 4.79 Å². The van der Waals surface area contributed by atoms with Crippen LogP contribution in [0.5, 0.6) is 11.5 Å². The normalized spacial score (nSPS) is 20.9. The van der Waals surface area contributed by atoms with Crippen molar-refractivity contribution in [3.05, 3.63) is 23.8 Å². The van der Waals surface area contributed by atoms with Crippen molar-refractivity contribution in [3.63, 3.8) is 0 Å². The first kappa shape index (κ1) is 15.1. The highest BCUT2D eigenvalue weighted by Crippen LogP contribution is 2.33. The van der Waals surface area contributed by atoms with Gasteiger partial charge in [-0.15, -0.1) is 0 Å². The summed E-state index contributed by atoms with van der Waals surface area (Å²) in [5.41, 5.74) is 0.620. The number of hydrogen-bond acceptors (Lipinski definition) is 4. The molecule has 0 aromatic heterocycles. The number of nitrogens with zero attached hydrogens (tertiary/aromatic N) is 3. The highest BCUT2D eigenvalue weighted by Gasteiger charge is 2.34. The maximum absolute atomic E-state index is 12.7. The van der Waals surface area contributed by atoms with Crippen LogP contribution in [0.3, 0.4) is 0 Å². The fourth-order valence-corrected chi connectivity index (χ4v) is 3.60. The molecule has 3 aliphatic heterocycles. The van der Waals surface area contributed by atoms with Crippen LogP contribution in [-0.4, -0.2) is 72.7 Å². The Morgan fingerprint density at radius 3 is 2.54 bits per heavy atom. The van der Waals surface area contributed by atoms with E-state index < -0.39 is 0 Å². The van der Waals surface area contributed by atoms with E-state index in [2.05, 4.69) is 0 Å². The Balaban J connectivity index is 1.39. The molecule has 1 aromatic rings. The van der Waals surface area contributed by atoms with Gasteiger partial charge in [-0.3, -0.25) is 4.79 Å². The van der Waals surface area contributed by atoms with Gasteiger partial charge in [-0.05, 0) is 31.0 Å². The van der Waals surface area contributed by atoms with Gasteiger partial charge in [0.15, 0.2) is 11.5 Å². The topological polar surface area (TPSA) is 62.3 Å². The molecule has 3 heterocycles. The van der Waals surface area contributed by atoms with Gasteiger partial charge in [-0.25, -0.2) is 4.79 Å². The minimum atomic E-state index is 0.0108. The molecular formula is C17H21N3O4. The molecule has 0 unspecified atom stereocenters. The van der Waals surface area contributed by atoms with Gasteiger partial charge in [-0.1, -0.05) is 0 Å². The Morgan fingerprint density at radius 1 is 1.08 bits per heavy atom. The van der Waals surface area contributed by atoms with Gasteiger partial charge in [0, 0.05) is 44.8 Å². The van der Waals surface area contributed by atoms with Crippen molar-refractivity contribution in [2.45, 2.75) is 18.9 Å². The summed E-state index contributed by atoms with van der Waals surface area (Å²) in [5, 5.41) is 0. The number of ether oxygens (including phenoxy) is 2. The zero-order valence-electron chi connectivity index (χ0n) is 13.7. The van der Waals surface area contributed by atoms with Crippen LogP contribution in [0.1, 0.15) is 23.2 Å². The van der Waals surface area contributed by atoms with E-state index >= 15 is 0 Å². The summed E-state index contributed by atoms with van der Waals surface area (Å²) in [7, 11) is 1.83. The summed E-state index contributed by atoms with van der Waals surface area (Å²) in [6.07, 6.45) is 1.66. The number of likely N-dealkylation sites (tertiary alicyclic amines) is 1. The number of likely N-dealkylation sites (N-methyl/N-ethyl adjacent to an activating group) is 1. The lowest BCUT2D eigenvalue weighted by atomic mass is 10.0. The molecule has 0 aliphatic carbocycles. The van der Waals surface area contributed by atoms with E-state index in [1.807, 2.05) is 16.8 Å². The molecule has 0 bridgehead atoms. The molecule has 0 atom stereocenters. The quantitative estimate of drug-likeness (QED) is 0.821. The van der Waals surface area contributed by atoms with Crippen molar-refractivity contribution in [1.82, 2.24) is 14.7 Å². The second-order valence-corrected chi connectivity index (χ2v) is 6.49. The summed E-state index contributed by atoms with van der Waals surface area (Å²) in [6, 6.07) is 5.65. The van der Waals surface area contributed by atoms with E-state index in [-0.39, 0.29) is 24.8 Å². The molecule has 7 nitrogen and oxygen atoms in total.